The van der Waals surface area contributed by atoms with Crippen LogP contribution < -0.4 is 10.6 Å². The van der Waals surface area contributed by atoms with Gasteiger partial charge in [0.05, 0.1) is 11.9 Å². The van der Waals surface area contributed by atoms with Crippen molar-refractivity contribution in [3.05, 3.63) is 23.9 Å². The van der Waals surface area contributed by atoms with Crippen LogP contribution in [0.3, 0.4) is 0 Å². The van der Waals surface area contributed by atoms with Gasteiger partial charge in [0.25, 0.3) is 0 Å². The third-order valence-corrected chi connectivity index (χ3v) is 3.01. The summed E-state index contributed by atoms with van der Waals surface area (Å²) in [4.78, 5) is 21.9. The lowest BCUT2D eigenvalue weighted by molar-refractivity contribution is -0.136. The maximum Gasteiger partial charge on any atom is 0.319 e. The van der Waals surface area contributed by atoms with Gasteiger partial charge in [0.2, 0.25) is 0 Å². The van der Waals surface area contributed by atoms with E-state index in [1.807, 2.05) is 20.0 Å². The van der Waals surface area contributed by atoms with Gasteiger partial charge in [-0.15, -0.1) is 0 Å². The van der Waals surface area contributed by atoms with Crippen molar-refractivity contribution in [2.24, 2.45) is 7.05 Å². The molecule has 0 unspecified atom stereocenters. The van der Waals surface area contributed by atoms with Gasteiger partial charge in [-0.2, -0.15) is 5.10 Å². The van der Waals surface area contributed by atoms with Crippen LogP contribution in [0.2, 0.25) is 0 Å². The summed E-state index contributed by atoms with van der Waals surface area (Å²) in [6, 6.07) is 5.02. The molecule has 20 heavy (non-hydrogen) atoms. The van der Waals surface area contributed by atoms with Crippen molar-refractivity contribution in [3.8, 4) is 0 Å². The number of anilines is 1. The van der Waals surface area contributed by atoms with Crippen molar-refractivity contribution in [3.63, 3.8) is 0 Å². The number of nitrogens with zero attached hydrogens (tertiary/aromatic N) is 2. The molecular weight excluding hydrogens is 260 g/mol. The van der Waals surface area contributed by atoms with Gasteiger partial charge in [-0.3, -0.25) is 9.48 Å². The largest absolute Gasteiger partial charge is 0.481 e. The van der Waals surface area contributed by atoms with E-state index >= 15 is 0 Å². The monoisotopic (exact) mass is 276 g/mol. The highest BCUT2D eigenvalue weighted by Crippen LogP contribution is 2.20. The lowest BCUT2D eigenvalue weighted by Crippen LogP contribution is -2.30. The van der Waals surface area contributed by atoms with Crippen molar-refractivity contribution in [2.45, 2.75) is 13.3 Å². The van der Waals surface area contributed by atoms with Crippen LogP contribution in [0.15, 0.2) is 18.2 Å². The first-order chi connectivity index (χ1) is 9.47. The molecule has 2 rings (SSSR count). The maximum atomic E-state index is 11.6. The summed E-state index contributed by atoms with van der Waals surface area (Å²) >= 11 is 0. The Balaban J connectivity index is 2.03. The molecule has 0 aliphatic carbocycles. The number of carboxylic acid groups (broad SMARTS) is 1. The normalized spacial score (nSPS) is 10.5. The molecule has 2 aromatic rings. The second-order valence-electron chi connectivity index (χ2n) is 4.47. The molecule has 1 aromatic carbocycles. The minimum absolute atomic E-state index is 0.0894. The number of rotatable bonds is 4. The van der Waals surface area contributed by atoms with Crippen LogP contribution in [0.5, 0.6) is 0 Å². The van der Waals surface area contributed by atoms with Crippen molar-refractivity contribution >= 4 is 28.6 Å². The predicted molar refractivity (Wildman–Crippen MR) is 74.7 cm³/mol. The molecule has 0 fully saturated rings. The molecule has 1 aromatic heterocycles. The van der Waals surface area contributed by atoms with Gasteiger partial charge in [0, 0.05) is 30.4 Å². The van der Waals surface area contributed by atoms with Crippen molar-refractivity contribution < 1.29 is 14.7 Å². The van der Waals surface area contributed by atoms with Crippen molar-refractivity contribution in [1.82, 2.24) is 15.1 Å². The van der Waals surface area contributed by atoms with Crippen molar-refractivity contribution in [1.29, 1.82) is 0 Å². The quantitative estimate of drug-likeness (QED) is 0.788. The minimum Gasteiger partial charge on any atom is -0.481 e. The Kier molecular flexibility index (Phi) is 3.88. The number of aryl methyl sites for hydroxylation is 2. The van der Waals surface area contributed by atoms with Crippen molar-refractivity contribution in [2.75, 3.05) is 11.9 Å². The molecule has 0 bridgehead atoms. The number of hydrogen-bond donors (Lipinski definition) is 3. The number of carboxylic acids is 1. The predicted octanol–water partition coefficient (Wildman–Crippen LogP) is 1.48. The third kappa shape index (κ3) is 3.05. The third-order valence-electron chi connectivity index (χ3n) is 3.01. The van der Waals surface area contributed by atoms with E-state index in [4.69, 9.17) is 5.11 Å². The zero-order valence-corrected chi connectivity index (χ0v) is 11.3. The zero-order chi connectivity index (χ0) is 14.7. The van der Waals surface area contributed by atoms with Crippen LogP contribution in [0.25, 0.3) is 10.9 Å². The van der Waals surface area contributed by atoms with Gasteiger partial charge in [-0.05, 0) is 25.1 Å². The molecule has 0 saturated carbocycles. The van der Waals surface area contributed by atoms with Gasteiger partial charge < -0.3 is 15.7 Å². The van der Waals surface area contributed by atoms with E-state index in [1.165, 1.54) is 0 Å². The number of amides is 2. The first-order valence-electron chi connectivity index (χ1n) is 6.17. The standard InChI is InChI=1S/C13H16N4O3/c1-8-10-4-3-9(7-11(10)16-17(8)2)15-13(20)14-6-5-12(18)19/h3-4,7H,5-6H2,1-2H3,(H,18,19)(H2,14,15,20). The number of fused-ring (bicyclic) bond motifs is 1. The molecule has 0 radical (unpaired) electrons. The molecule has 0 saturated heterocycles. The van der Waals surface area contributed by atoms with Gasteiger partial charge in [-0.1, -0.05) is 0 Å². The lowest BCUT2D eigenvalue weighted by Gasteiger charge is -2.06. The number of benzene rings is 1. The fourth-order valence-corrected chi connectivity index (χ4v) is 1.87. The number of nitrogens with one attached hydrogen (secondary N) is 2. The molecule has 2 amide bonds. The van der Waals surface area contributed by atoms with Crippen LogP contribution in [0.1, 0.15) is 12.1 Å². The second-order valence-corrected chi connectivity index (χ2v) is 4.47. The van der Waals surface area contributed by atoms with Gasteiger partial charge in [-0.25, -0.2) is 4.79 Å². The highest BCUT2D eigenvalue weighted by Gasteiger charge is 2.07. The number of hydrogen-bond acceptors (Lipinski definition) is 3. The molecule has 106 valence electrons. The molecule has 0 spiro atoms. The molecule has 7 nitrogen and oxygen atoms in total. The van der Waals surface area contributed by atoms with E-state index < -0.39 is 12.0 Å². The van der Waals surface area contributed by atoms with Crippen LogP contribution in [-0.2, 0) is 11.8 Å². The van der Waals surface area contributed by atoms with E-state index in [2.05, 4.69) is 15.7 Å². The summed E-state index contributed by atoms with van der Waals surface area (Å²) in [5.74, 6) is -0.948. The number of aliphatic carboxylic acids is 1. The Morgan fingerprint density at radius 3 is 2.85 bits per heavy atom. The molecule has 0 atom stereocenters. The van der Waals surface area contributed by atoms with Crippen LogP contribution in [-0.4, -0.2) is 33.4 Å². The molecule has 7 heteroatoms. The lowest BCUT2D eigenvalue weighted by atomic mass is 10.2. The Labute approximate surface area is 115 Å². The second kappa shape index (κ2) is 5.60. The number of carbonyl (C=O) groups is 2. The highest BCUT2D eigenvalue weighted by molar-refractivity contribution is 5.93. The number of aromatic nitrogens is 2. The summed E-state index contributed by atoms with van der Waals surface area (Å²) in [6.07, 6.45) is -0.105. The zero-order valence-electron chi connectivity index (χ0n) is 11.3. The van der Waals surface area contributed by atoms with Crippen LogP contribution in [0.4, 0.5) is 10.5 Å². The summed E-state index contributed by atoms with van der Waals surface area (Å²) in [7, 11) is 1.86. The van der Waals surface area contributed by atoms with Gasteiger partial charge in [0.1, 0.15) is 0 Å². The number of urea groups is 1. The smallest absolute Gasteiger partial charge is 0.319 e. The topological polar surface area (TPSA) is 96.2 Å². The van der Waals surface area contributed by atoms with E-state index in [1.54, 1.807) is 16.8 Å². The average molecular weight is 276 g/mol. The fourth-order valence-electron chi connectivity index (χ4n) is 1.87. The SMILES string of the molecule is Cc1c2ccc(NC(=O)NCCC(=O)O)cc2nn1C. The highest BCUT2D eigenvalue weighted by atomic mass is 16.4. The Morgan fingerprint density at radius 2 is 2.15 bits per heavy atom. The van der Waals surface area contributed by atoms with E-state index in [9.17, 15) is 9.59 Å². The molecule has 3 N–H and O–H groups in total. The summed E-state index contributed by atoms with van der Waals surface area (Å²) in [5.41, 5.74) is 2.47. The summed E-state index contributed by atoms with van der Waals surface area (Å²) in [6.45, 7) is 2.06. The Morgan fingerprint density at radius 1 is 1.40 bits per heavy atom. The van der Waals surface area contributed by atoms with E-state index in [-0.39, 0.29) is 13.0 Å². The molecule has 0 aliphatic heterocycles. The molecule has 1 heterocycles. The van der Waals surface area contributed by atoms with Crippen LogP contribution >= 0.6 is 0 Å². The summed E-state index contributed by atoms with van der Waals surface area (Å²) in [5, 5.41) is 19.0. The minimum atomic E-state index is -0.948. The fraction of sp³-hybridized carbons (Fsp3) is 0.308. The number of carbonyl (C=O) groups excluding carboxylic acids is 1. The maximum absolute atomic E-state index is 11.6. The van der Waals surface area contributed by atoms with E-state index in [0.717, 1.165) is 16.6 Å². The Bertz CT molecular complexity index is 663. The first-order valence-corrected chi connectivity index (χ1v) is 6.17. The van der Waals surface area contributed by atoms with Crippen LogP contribution in [0, 0.1) is 6.92 Å². The van der Waals surface area contributed by atoms with E-state index in [0.29, 0.717) is 5.69 Å². The summed E-state index contributed by atoms with van der Waals surface area (Å²) < 4.78 is 1.78. The molecular formula is C13H16N4O3. The van der Waals surface area contributed by atoms with Gasteiger partial charge >= 0.3 is 12.0 Å². The first kappa shape index (κ1) is 13.9. The Hall–Kier alpha value is -2.57. The average Bonchev–Trinajstić information content (AvgIpc) is 2.64. The molecule has 0 aliphatic rings. The van der Waals surface area contributed by atoms with Gasteiger partial charge in [0.15, 0.2) is 0 Å².